The van der Waals surface area contributed by atoms with Gasteiger partial charge in [0.25, 0.3) is 0 Å². The van der Waals surface area contributed by atoms with Gasteiger partial charge < -0.3 is 62.9 Å². The summed E-state index contributed by atoms with van der Waals surface area (Å²) < 4.78 is 62.9. The Morgan fingerprint density at radius 2 is 0.917 bits per heavy atom. The SMILES string of the molecule is O.O.O.O.O=C(O)c1cc(S(=O)(=O)[O-])ccc1O.O=C(O)c1cc(S(=O)(=O)[O-])ccc1O.[NH3+]CC[NH3+]. The number of aromatic carboxylic acids is 2. The van der Waals surface area contributed by atoms with E-state index in [9.17, 15) is 35.5 Å². The predicted octanol–water partition coefficient (Wildman–Crippen LogP) is -5.84. The molecule has 20 heteroatoms. The molecule has 210 valence electrons. The van der Waals surface area contributed by atoms with Crippen LogP contribution in [0.3, 0.4) is 0 Å². The Morgan fingerprint density at radius 3 is 1.08 bits per heavy atom. The first kappa shape index (κ1) is 42.7. The van der Waals surface area contributed by atoms with Gasteiger partial charge in [-0.1, -0.05) is 0 Å². The number of hydrogen-bond acceptors (Lipinski definition) is 10. The summed E-state index contributed by atoms with van der Waals surface area (Å²) >= 11 is 0. The highest BCUT2D eigenvalue weighted by molar-refractivity contribution is 7.86. The van der Waals surface area contributed by atoms with Crippen LogP contribution in [0, 0.1) is 0 Å². The molecule has 0 aromatic heterocycles. The van der Waals surface area contributed by atoms with Gasteiger partial charge in [-0.3, -0.25) is 0 Å². The maximum Gasteiger partial charge on any atom is 0.339 e. The van der Waals surface area contributed by atoms with Crippen molar-refractivity contribution in [3.63, 3.8) is 0 Å². The van der Waals surface area contributed by atoms with Crippen LogP contribution >= 0.6 is 0 Å². The summed E-state index contributed by atoms with van der Waals surface area (Å²) in [6.45, 7) is 1.92. The van der Waals surface area contributed by atoms with Crippen LogP contribution in [-0.2, 0) is 20.2 Å². The molecule has 0 saturated heterocycles. The second kappa shape index (κ2) is 17.9. The summed E-state index contributed by atoms with van der Waals surface area (Å²) in [6, 6.07) is 4.58. The highest BCUT2D eigenvalue weighted by Gasteiger charge is 2.13. The summed E-state index contributed by atoms with van der Waals surface area (Å²) in [5.41, 5.74) is 5.84. The van der Waals surface area contributed by atoms with Gasteiger partial charge in [-0.25, -0.2) is 26.4 Å². The van der Waals surface area contributed by atoms with Crippen molar-refractivity contribution in [3.05, 3.63) is 47.5 Å². The zero-order valence-electron chi connectivity index (χ0n) is 18.2. The molecule has 18 N–H and O–H groups in total. The number of carbonyl (C=O) groups is 2. The third kappa shape index (κ3) is 14.1. The highest BCUT2D eigenvalue weighted by Crippen LogP contribution is 2.21. The van der Waals surface area contributed by atoms with Crippen molar-refractivity contribution in [3.8, 4) is 11.5 Å². The van der Waals surface area contributed by atoms with Gasteiger partial charge in [0, 0.05) is 0 Å². The Balaban J connectivity index is -0.000000141. The van der Waals surface area contributed by atoms with E-state index < -0.39 is 64.6 Å². The lowest BCUT2D eigenvalue weighted by Crippen LogP contribution is -2.64. The molecular weight excluding hydrogens is 540 g/mol. The van der Waals surface area contributed by atoms with E-state index in [4.69, 9.17) is 20.4 Å². The summed E-state index contributed by atoms with van der Waals surface area (Å²) in [5.74, 6) is -4.20. The lowest BCUT2D eigenvalue weighted by Gasteiger charge is -2.08. The molecule has 0 spiro atoms. The average molecular weight is 569 g/mol. The molecule has 2 aromatic carbocycles. The van der Waals surface area contributed by atoms with E-state index >= 15 is 0 Å². The van der Waals surface area contributed by atoms with Gasteiger partial charge in [0.05, 0.1) is 9.79 Å². The van der Waals surface area contributed by atoms with Crippen molar-refractivity contribution in [1.29, 1.82) is 0 Å². The normalized spacial score (nSPS) is 9.56. The van der Waals surface area contributed by atoms with Crippen molar-refractivity contribution < 1.29 is 89.3 Å². The third-order valence-corrected chi connectivity index (χ3v) is 4.89. The molecule has 0 aliphatic carbocycles. The van der Waals surface area contributed by atoms with E-state index in [1.165, 1.54) is 0 Å². The molecule has 0 bridgehead atoms. The minimum atomic E-state index is -4.70. The number of phenols is 2. The first-order valence-corrected chi connectivity index (χ1v) is 11.0. The molecule has 0 saturated carbocycles. The number of hydrogen-bond donors (Lipinski definition) is 6. The van der Waals surface area contributed by atoms with Crippen LogP contribution in [0.4, 0.5) is 0 Å². The molecular formula is C16H28N2O16S2. The van der Waals surface area contributed by atoms with Gasteiger partial charge in [0.1, 0.15) is 56.0 Å². The van der Waals surface area contributed by atoms with E-state index in [1.807, 2.05) is 0 Å². The van der Waals surface area contributed by atoms with Crippen LogP contribution in [0.2, 0.25) is 0 Å². The molecule has 0 radical (unpaired) electrons. The molecule has 0 fully saturated rings. The summed E-state index contributed by atoms with van der Waals surface area (Å²) in [4.78, 5) is 19.5. The fourth-order valence-electron chi connectivity index (χ4n) is 1.68. The molecule has 2 aromatic rings. The van der Waals surface area contributed by atoms with Gasteiger partial charge >= 0.3 is 11.9 Å². The number of benzene rings is 2. The van der Waals surface area contributed by atoms with E-state index in [0.29, 0.717) is 12.1 Å². The van der Waals surface area contributed by atoms with Crippen LogP contribution in [0.5, 0.6) is 11.5 Å². The monoisotopic (exact) mass is 568 g/mol. The molecule has 0 aliphatic rings. The van der Waals surface area contributed by atoms with Crippen LogP contribution in [0.1, 0.15) is 20.7 Å². The zero-order valence-corrected chi connectivity index (χ0v) is 19.8. The van der Waals surface area contributed by atoms with Gasteiger partial charge in [0.15, 0.2) is 0 Å². The standard InChI is InChI=1S/2C7H6O6S.C2H8N2.4H2O/c2*8-6-2-1-4(14(11,12)13)3-5(6)7(9)10;3-1-2-4;;;;/h2*1-3,8H,(H,9,10)(H,11,12,13);1-4H2;4*1H2. The summed E-state index contributed by atoms with van der Waals surface area (Å²) in [5, 5.41) is 35.0. The minimum Gasteiger partial charge on any atom is -0.744 e. The van der Waals surface area contributed by atoms with Gasteiger partial charge in [-0.2, -0.15) is 0 Å². The second-order valence-electron chi connectivity index (χ2n) is 5.58. The smallest absolute Gasteiger partial charge is 0.339 e. The number of quaternary nitrogens is 2. The Kier molecular flexibility index (Phi) is 21.2. The molecule has 0 heterocycles. The first-order chi connectivity index (χ1) is 14.6. The van der Waals surface area contributed by atoms with Crippen LogP contribution in [0.15, 0.2) is 46.2 Å². The summed E-state index contributed by atoms with van der Waals surface area (Å²) in [7, 11) is -9.40. The van der Waals surface area contributed by atoms with E-state index in [0.717, 1.165) is 37.4 Å². The number of aromatic hydroxyl groups is 2. The lowest BCUT2D eigenvalue weighted by molar-refractivity contribution is -0.453. The first-order valence-electron chi connectivity index (χ1n) is 8.19. The van der Waals surface area contributed by atoms with E-state index in [1.54, 1.807) is 0 Å². The van der Waals surface area contributed by atoms with Gasteiger partial charge in [0.2, 0.25) is 0 Å². The Morgan fingerprint density at radius 1 is 0.667 bits per heavy atom. The summed E-state index contributed by atoms with van der Waals surface area (Å²) in [6.07, 6.45) is 0. The molecule has 18 nitrogen and oxygen atoms in total. The van der Waals surface area contributed by atoms with Crippen molar-refractivity contribution >= 4 is 32.2 Å². The maximum absolute atomic E-state index is 10.5. The topological polar surface area (TPSA) is 411 Å². The molecule has 2 rings (SSSR count). The molecule has 36 heavy (non-hydrogen) atoms. The quantitative estimate of drug-likeness (QED) is 0.184. The predicted molar refractivity (Wildman–Crippen MR) is 116 cm³/mol. The number of rotatable bonds is 5. The van der Waals surface area contributed by atoms with Crippen LogP contribution in [0.25, 0.3) is 0 Å². The fourth-order valence-corrected chi connectivity index (χ4v) is 2.68. The average Bonchev–Trinajstić information content (AvgIpc) is 2.67. The van der Waals surface area contributed by atoms with Crippen molar-refractivity contribution in [2.24, 2.45) is 0 Å². The lowest BCUT2D eigenvalue weighted by atomic mass is 10.2. The van der Waals surface area contributed by atoms with Crippen LogP contribution < -0.4 is 11.5 Å². The van der Waals surface area contributed by atoms with Gasteiger partial charge in [-0.15, -0.1) is 0 Å². The van der Waals surface area contributed by atoms with Crippen LogP contribution in [-0.4, -0.2) is 93.3 Å². The number of carboxylic acid groups (broad SMARTS) is 2. The number of carboxylic acids is 2. The zero-order chi connectivity index (χ0) is 25.3. The molecule has 0 unspecified atom stereocenters. The minimum absolute atomic E-state index is 0. The fraction of sp³-hybridized carbons (Fsp3) is 0.125. The van der Waals surface area contributed by atoms with Gasteiger partial charge in [-0.05, 0) is 36.4 Å². The third-order valence-electron chi connectivity index (χ3n) is 3.22. The second-order valence-corrected chi connectivity index (χ2v) is 8.34. The van der Waals surface area contributed by atoms with Crippen molar-refractivity contribution in [2.45, 2.75) is 9.79 Å². The highest BCUT2D eigenvalue weighted by atomic mass is 32.2. The molecule has 0 aliphatic heterocycles. The maximum atomic E-state index is 10.5. The van der Waals surface area contributed by atoms with E-state index in [2.05, 4.69) is 11.5 Å². The molecule has 0 amide bonds. The van der Waals surface area contributed by atoms with Crippen molar-refractivity contribution in [1.82, 2.24) is 0 Å². The van der Waals surface area contributed by atoms with Crippen molar-refractivity contribution in [2.75, 3.05) is 13.1 Å². The molecule has 0 atom stereocenters. The Bertz CT molecular complexity index is 1090. The largest absolute Gasteiger partial charge is 0.744 e. The Hall–Kier alpha value is -3.44. The van der Waals surface area contributed by atoms with E-state index in [-0.39, 0.29) is 21.9 Å². The Labute approximate surface area is 203 Å².